The second kappa shape index (κ2) is 14.7. The molecule has 10 heteroatoms. The normalized spacial score (nSPS) is 13.5. The van der Waals surface area contributed by atoms with Crippen LogP contribution in [0.15, 0.2) is 89.0 Å². The summed E-state index contributed by atoms with van der Waals surface area (Å²) in [7, 11) is 0. The van der Waals surface area contributed by atoms with Crippen molar-refractivity contribution in [3.8, 4) is 0 Å². The third kappa shape index (κ3) is 7.18. The highest BCUT2D eigenvalue weighted by molar-refractivity contribution is 5.95. The van der Waals surface area contributed by atoms with Crippen molar-refractivity contribution >= 4 is 28.6 Å². The van der Waals surface area contributed by atoms with Gasteiger partial charge in [-0.2, -0.15) is 0 Å². The van der Waals surface area contributed by atoms with E-state index >= 15 is 0 Å². The fourth-order valence-corrected chi connectivity index (χ4v) is 6.09. The van der Waals surface area contributed by atoms with E-state index < -0.39 is 0 Å². The number of anilines is 1. The Balaban J connectivity index is 1.18. The van der Waals surface area contributed by atoms with E-state index in [1.807, 2.05) is 39.0 Å². The number of aromatic nitrogens is 5. The molecule has 1 aliphatic heterocycles. The van der Waals surface area contributed by atoms with Crippen molar-refractivity contribution in [1.82, 2.24) is 24.1 Å². The first kappa shape index (κ1) is 32.7. The van der Waals surface area contributed by atoms with Crippen molar-refractivity contribution in [2.24, 2.45) is 0 Å². The molecule has 0 atom stereocenters. The van der Waals surface area contributed by atoms with Crippen LogP contribution in [0.3, 0.4) is 0 Å². The van der Waals surface area contributed by atoms with Gasteiger partial charge in [-0.05, 0) is 74.2 Å². The number of hydrogen-bond acceptors (Lipinski definition) is 8. The Hall–Kier alpha value is -5.22. The molecule has 0 amide bonds. The van der Waals surface area contributed by atoms with Gasteiger partial charge < -0.3 is 14.2 Å². The first-order valence-corrected chi connectivity index (χ1v) is 16.4. The highest BCUT2D eigenvalue weighted by Crippen LogP contribution is 2.23. The number of allylic oxidation sites excluding steroid dienone is 1. The molecule has 48 heavy (non-hydrogen) atoms. The summed E-state index contributed by atoms with van der Waals surface area (Å²) in [4.78, 5) is 55.9. The van der Waals surface area contributed by atoms with E-state index in [0.717, 1.165) is 48.4 Å². The van der Waals surface area contributed by atoms with Gasteiger partial charge in [-0.25, -0.2) is 9.97 Å². The number of hydrogen-bond donors (Lipinski definition) is 0. The summed E-state index contributed by atoms with van der Waals surface area (Å²) in [5.41, 5.74) is 4.77. The zero-order chi connectivity index (χ0) is 33.6. The fraction of sp³-hybridized carbons (Fsp3) is 0.316. The lowest BCUT2D eigenvalue weighted by molar-refractivity contribution is 0.0981. The molecule has 0 aliphatic carbocycles. The van der Waals surface area contributed by atoms with Crippen molar-refractivity contribution in [3.05, 3.63) is 134 Å². The summed E-state index contributed by atoms with van der Waals surface area (Å²) in [6.07, 6.45) is 11.5. The maximum absolute atomic E-state index is 13.8. The summed E-state index contributed by atoms with van der Waals surface area (Å²) >= 11 is 0. The zero-order valence-electron chi connectivity index (χ0n) is 27.6. The molecule has 6 rings (SSSR count). The number of pyridine rings is 3. The maximum atomic E-state index is 13.8. The molecule has 5 heterocycles. The van der Waals surface area contributed by atoms with Gasteiger partial charge in [0, 0.05) is 73.4 Å². The van der Waals surface area contributed by atoms with Crippen LogP contribution in [0.4, 0.5) is 5.69 Å². The minimum atomic E-state index is -0.329. The predicted octanol–water partition coefficient (Wildman–Crippen LogP) is 5.39. The van der Waals surface area contributed by atoms with Gasteiger partial charge in [0.25, 0.3) is 11.1 Å². The molecule has 1 saturated heterocycles. The second-order valence-electron chi connectivity index (χ2n) is 12.4. The average Bonchev–Trinajstić information content (AvgIpc) is 3.09. The van der Waals surface area contributed by atoms with Crippen molar-refractivity contribution in [3.63, 3.8) is 0 Å². The largest absolute Gasteiger partial charge is 0.378 e. The maximum Gasteiger partial charge on any atom is 0.261 e. The first-order chi connectivity index (χ1) is 23.3. The summed E-state index contributed by atoms with van der Waals surface area (Å²) < 4.78 is 8.70. The Morgan fingerprint density at radius 1 is 0.979 bits per heavy atom. The van der Waals surface area contributed by atoms with Gasteiger partial charge in [0.15, 0.2) is 5.78 Å². The van der Waals surface area contributed by atoms with Crippen molar-refractivity contribution in [2.75, 3.05) is 31.2 Å². The lowest BCUT2D eigenvalue weighted by Crippen LogP contribution is -2.36. The molecule has 0 radical (unpaired) electrons. The van der Waals surface area contributed by atoms with Crippen LogP contribution in [-0.4, -0.2) is 56.2 Å². The standard InChI is InChI=1S/C38H40N6O4/c1-26(2)44-36-33(24-40-35(41-36)22-28-12-14-30(15-13-28)42-18-20-48-21-19-42)27(3)31(38(44)47)9-4-5-11-34(45)32-10-7-17-43(37(32)46)25-29-8-6-16-39-23-29/h4,6-10,12-17,23-24,26H,5,11,18-22,25H2,1-3H3/b9-4+. The summed E-state index contributed by atoms with van der Waals surface area (Å²) in [5, 5.41) is 0.809. The average molecular weight is 645 g/mol. The van der Waals surface area contributed by atoms with Gasteiger partial charge in [0.2, 0.25) is 0 Å². The molecule has 0 N–H and O–H groups in total. The molecule has 4 aromatic heterocycles. The van der Waals surface area contributed by atoms with Gasteiger partial charge in [-0.3, -0.25) is 23.9 Å². The molecule has 0 bridgehead atoms. The number of benzene rings is 1. The molecule has 0 spiro atoms. The van der Waals surface area contributed by atoms with E-state index in [2.05, 4.69) is 39.1 Å². The SMILES string of the molecule is Cc1c(/C=C/CCC(=O)c2cccn(Cc3cccnc3)c2=O)c(=O)n(C(C)C)c2nc(Cc3ccc(N4CCOCC4)cc3)ncc12. The van der Waals surface area contributed by atoms with Gasteiger partial charge in [0.1, 0.15) is 11.5 Å². The van der Waals surface area contributed by atoms with E-state index in [4.69, 9.17) is 9.72 Å². The molecule has 5 aromatic rings. The highest BCUT2D eigenvalue weighted by Gasteiger charge is 2.18. The number of fused-ring (bicyclic) bond motifs is 1. The minimum Gasteiger partial charge on any atom is -0.378 e. The quantitative estimate of drug-likeness (QED) is 0.176. The van der Waals surface area contributed by atoms with Gasteiger partial charge in [-0.1, -0.05) is 30.4 Å². The zero-order valence-corrected chi connectivity index (χ0v) is 27.6. The number of carbonyl (C=O) groups excluding carboxylic acids is 1. The van der Waals surface area contributed by atoms with E-state index in [9.17, 15) is 14.4 Å². The number of ether oxygens (including phenoxy) is 1. The fourth-order valence-electron chi connectivity index (χ4n) is 6.09. The van der Waals surface area contributed by atoms with E-state index in [0.29, 0.717) is 36.4 Å². The van der Waals surface area contributed by atoms with Crippen LogP contribution in [0.1, 0.15) is 71.2 Å². The molecule has 1 aromatic carbocycles. The van der Waals surface area contributed by atoms with Crippen LogP contribution in [0, 0.1) is 6.92 Å². The highest BCUT2D eigenvalue weighted by atomic mass is 16.5. The summed E-state index contributed by atoms with van der Waals surface area (Å²) in [6, 6.07) is 15.3. The lowest BCUT2D eigenvalue weighted by atomic mass is 10.0. The third-order valence-electron chi connectivity index (χ3n) is 8.71. The van der Waals surface area contributed by atoms with Crippen LogP contribution < -0.4 is 16.0 Å². The Bertz CT molecular complexity index is 2060. The smallest absolute Gasteiger partial charge is 0.261 e. The summed E-state index contributed by atoms with van der Waals surface area (Å²) in [5.74, 6) is 0.411. The van der Waals surface area contributed by atoms with Crippen molar-refractivity contribution in [1.29, 1.82) is 0 Å². The number of morpholine rings is 1. The third-order valence-corrected chi connectivity index (χ3v) is 8.71. The summed E-state index contributed by atoms with van der Waals surface area (Å²) in [6.45, 7) is 9.44. The van der Waals surface area contributed by atoms with Gasteiger partial charge in [0.05, 0.1) is 25.3 Å². The van der Waals surface area contributed by atoms with Crippen LogP contribution in [0.2, 0.25) is 0 Å². The lowest BCUT2D eigenvalue weighted by Gasteiger charge is -2.28. The Labute approximate surface area is 279 Å². The molecule has 0 unspecified atom stereocenters. The molecule has 246 valence electrons. The first-order valence-electron chi connectivity index (χ1n) is 16.4. The number of rotatable bonds is 11. The molecular formula is C38H40N6O4. The van der Waals surface area contributed by atoms with Gasteiger partial charge >= 0.3 is 0 Å². The Morgan fingerprint density at radius 3 is 2.50 bits per heavy atom. The van der Waals surface area contributed by atoms with E-state index in [1.165, 1.54) is 10.3 Å². The number of ketones is 1. The second-order valence-corrected chi connectivity index (χ2v) is 12.4. The monoisotopic (exact) mass is 644 g/mol. The molecule has 1 aliphatic rings. The van der Waals surface area contributed by atoms with Crippen molar-refractivity contribution < 1.29 is 9.53 Å². The number of nitrogens with zero attached hydrogens (tertiary/aromatic N) is 6. The molecule has 0 saturated carbocycles. The van der Waals surface area contributed by atoms with Crippen LogP contribution in [0.25, 0.3) is 17.1 Å². The topological polar surface area (TPSA) is 112 Å². The van der Waals surface area contributed by atoms with Crippen LogP contribution in [-0.2, 0) is 17.7 Å². The Kier molecular flexibility index (Phi) is 10.0. The Morgan fingerprint density at radius 2 is 1.77 bits per heavy atom. The van der Waals surface area contributed by atoms with E-state index in [1.54, 1.807) is 47.6 Å². The van der Waals surface area contributed by atoms with Crippen LogP contribution >= 0.6 is 0 Å². The van der Waals surface area contributed by atoms with E-state index in [-0.39, 0.29) is 34.9 Å². The van der Waals surface area contributed by atoms with Crippen LogP contribution in [0.5, 0.6) is 0 Å². The molecular weight excluding hydrogens is 604 g/mol. The number of carbonyl (C=O) groups is 1. The number of Topliss-reactive ketones (excluding diaryl/α,β-unsaturated/α-hetero) is 1. The molecule has 1 fully saturated rings. The number of aryl methyl sites for hydroxylation is 1. The van der Waals surface area contributed by atoms with Crippen molar-refractivity contribution in [2.45, 2.75) is 52.6 Å². The minimum absolute atomic E-state index is 0.128. The molecule has 10 nitrogen and oxygen atoms in total. The predicted molar refractivity (Wildman–Crippen MR) is 188 cm³/mol. The van der Waals surface area contributed by atoms with Gasteiger partial charge in [-0.15, -0.1) is 0 Å².